The van der Waals surface area contributed by atoms with E-state index in [2.05, 4.69) is 29.4 Å². The first kappa shape index (κ1) is 25.6. The molecule has 172 valence electrons. The summed E-state index contributed by atoms with van der Waals surface area (Å²) >= 11 is 3.40. The van der Waals surface area contributed by atoms with Crippen LogP contribution in [0.3, 0.4) is 0 Å². The summed E-state index contributed by atoms with van der Waals surface area (Å²) in [6.07, 6.45) is 11.9. The maximum Gasteiger partial charge on any atom is 0.338 e. The molecular weight excluding hydrogens is 456 g/mol. The van der Waals surface area contributed by atoms with Crippen molar-refractivity contribution < 1.29 is 19.1 Å². The molecule has 4 nitrogen and oxygen atoms in total. The summed E-state index contributed by atoms with van der Waals surface area (Å²) in [4.78, 5) is 26.4. The predicted octanol–water partition coefficient (Wildman–Crippen LogP) is 7.40. The number of esters is 2. The van der Waals surface area contributed by atoms with E-state index in [1.165, 1.54) is 25.7 Å². The van der Waals surface area contributed by atoms with Crippen LogP contribution in [-0.2, 0) is 14.3 Å². The third-order valence-electron chi connectivity index (χ3n) is 6.52. The number of benzene rings is 1. The van der Waals surface area contributed by atoms with Crippen molar-refractivity contribution in [3.63, 3.8) is 0 Å². The van der Waals surface area contributed by atoms with Gasteiger partial charge in [-0.2, -0.15) is 0 Å². The number of halogens is 1. The molecule has 2 rings (SSSR count). The van der Waals surface area contributed by atoms with Gasteiger partial charge < -0.3 is 9.47 Å². The SMILES string of the molecule is C=CC[C@@]1(OC(=O)c2ccc(Br)cc2)CCC[C@@]1(CCCCCCCC)C(=O)OCC. The van der Waals surface area contributed by atoms with E-state index in [-0.39, 0.29) is 5.97 Å². The van der Waals surface area contributed by atoms with Crippen LogP contribution >= 0.6 is 15.9 Å². The Morgan fingerprint density at radius 2 is 1.74 bits per heavy atom. The van der Waals surface area contributed by atoms with E-state index in [0.717, 1.165) is 23.7 Å². The van der Waals surface area contributed by atoms with Crippen LogP contribution in [0.1, 0.15) is 94.8 Å². The number of carbonyl (C=O) groups excluding carboxylic acids is 2. The van der Waals surface area contributed by atoms with Gasteiger partial charge in [-0.1, -0.05) is 67.5 Å². The Bertz CT molecular complexity index is 729. The van der Waals surface area contributed by atoms with Crippen molar-refractivity contribution in [2.75, 3.05) is 6.61 Å². The van der Waals surface area contributed by atoms with Crippen LogP contribution in [0.25, 0.3) is 0 Å². The summed E-state index contributed by atoms with van der Waals surface area (Å²) in [6, 6.07) is 7.12. The lowest BCUT2D eigenvalue weighted by atomic mass is 9.68. The number of rotatable bonds is 13. The van der Waals surface area contributed by atoms with E-state index in [9.17, 15) is 9.59 Å². The van der Waals surface area contributed by atoms with Crippen LogP contribution in [0.4, 0.5) is 0 Å². The van der Waals surface area contributed by atoms with Gasteiger partial charge in [0.25, 0.3) is 0 Å². The lowest BCUT2D eigenvalue weighted by Crippen LogP contribution is -2.52. The Kier molecular flexibility index (Phi) is 10.3. The van der Waals surface area contributed by atoms with Crippen LogP contribution in [0.5, 0.6) is 0 Å². The Hall–Kier alpha value is -1.62. The highest BCUT2D eigenvalue weighted by Gasteiger charge is 2.62. The van der Waals surface area contributed by atoms with Crippen LogP contribution in [0, 0.1) is 5.41 Å². The zero-order valence-electron chi connectivity index (χ0n) is 19.1. The zero-order valence-corrected chi connectivity index (χ0v) is 20.7. The Balaban J connectivity index is 2.28. The van der Waals surface area contributed by atoms with Crippen molar-refractivity contribution in [1.29, 1.82) is 0 Å². The van der Waals surface area contributed by atoms with Gasteiger partial charge in [-0.3, -0.25) is 4.79 Å². The van der Waals surface area contributed by atoms with Crippen molar-refractivity contribution >= 4 is 27.9 Å². The quantitative estimate of drug-likeness (QED) is 0.163. The maximum absolute atomic E-state index is 13.3. The van der Waals surface area contributed by atoms with Gasteiger partial charge >= 0.3 is 11.9 Å². The molecule has 0 saturated heterocycles. The highest BCUT2D eigenvalue weighted by atomic mass is 79.9. The Labute approximate surface area is 195 Å². The van der Waals surface area contributed by atoms with Crippen molar-refractivity contribution in [3.8, 4) is 0 Å². The summed E-state index contributed by atoms with van der Waals surface area (Å²) < 4.78 is 12.7. The van der Waals surface area contributed by atoms with Crippen molar-refractivity contribution in [2.45, 2.75) is 90.1 Å². The molecule has 5 heteroatoms. The predicted molar refractivity (Wildman–Crippen MR) is 128 cm³/mol. The average Bonchev–Trinajstić information content (AvgIpc) is 3.10. The van der Waals surface area contributed by atoms with Gasteiger partial charge in [0.1, 0.15) is 11.0 Å². The molecule has 0 bridgehead atoms. The molecule has 0 heterocycles. The van der Waals surface area contributed by atoms with Gasteiger partial charge in [0.15, 0.2) is 0 Å². The number of carbonyl (C=O) groups is 2. The first-order valence-electron chi connectivity index (χ1n) is 11.7. The molecule has 0 spiro atoms. The largest absolute Gasteiger partial charge is 0.465 e. The first-order valence-corrected chi connectivity index (χ1v) is 12.5. The fourth-order valence-electron chi connectivity index (χ4n) is 4.91. The molecule has 0 unspecified atom stereocenters. The van der Waals surface area contributed by atoms with E-state index in [1.807, 2.05) is 19.1 Å². The average molecular weight is 493 g/mol. The van der Waals surface area contributed by atoms with E-state index < -0.39 is 17.0 Å². The van der Waals surface area contributed by atoms with Crippen LogP contribution in [0.2, 0.25) is 0 Å². The molecule has 1 fully saturated rings. The van der Waals surface area contributed by atoms with Gasteiger partial charge in [-0.05, 0) is 56.9 Å². The molecule has 1 aliphatic carbocycles. The van der Waals surface area contributed by atoms with Gasteiger partial charge in [0.05, 0.1) is 12.2 Å². The van der Waals surface area contributed by atoms with E-state index in [4.69, 9.17) is 9.47 Å². The number of unbranched alkanes of at least 4 members (excludes halogenated alkanes) is 5. The summed E-state index contributed by atoms with van der Waals surface area (Å²) in [5.74, 6) is -0.626. The summed E-state index contributed by atoms with van der Waals surface area (Å²) in [5.41, 5.74) is -1.24. The monoisotopic (exact) mass is 492 g/mol. The van der Waals surface area contributed by atoms with Crippen molar-refractivity contribution in [1.82, 2.24) is 0 Å². The summed E-state index contributed by atoms with van der Waals surface area (Å²) in [7, 11) is 0. The highest BCUT2D eigenvalue weighted by molar-refractivity contribution is 9.10. The molecule has 2 atom stereocenters. The molecule has 1 aliphatic rings. The fraction of sp³-hybridized carbons (Fsp3) is 0.615. The van der Waals surface area contributed by atoms with Crippen molar-refractivity contribution in [2.24, 2.45) is 5.41 Å². The van der Waals surface area contributed by atoms with E-state index in [1.54, 1.807) is 18.2 Å². The van der Waals surface area contributed by atoms with Crippen LogP contribution < -0.4 is 0 Å². The van der Waals surface area contributed by atoms with E-state index in [0.29, 0.717) is 37.9 Å². The zero-order chi connectivity index (χ0) is 22.7. The minimum absolute atomic E-state index is 0.230. The molecule has 31 heavy (non-hydrogen) atoms. The lowest BCUT2D eigenvalue weighted by Gasteiger charge is -2.43. The van der Waals surface area contributed by atoms with Crippen LogP contribution in [0.15, 0.2) is 41.4 Å². The smallest absolute Gasteiger partial charge is 0.338 e. The Morgan fingerprint density at radius 3 is 2.39 bits per heavy atom. The normalized spacial score (nSPS) is 22.8. The number of hydrogen-bond acceptors (Lipinski definition) is 4. The van der Waals surface area contributed by atoms with Crippen molar-refractivity contribution in [3.05, 3.63) is 47.0 Å². The summed E-state index contributed by atoms with van der Waals surface area (Å²) in [6.45, 7) is 8.27. The summed E-state index contributed by atoms with van der Waals surface area (Å²) in [5, 5.41) is 0. The number of hydrogen-bond donors (Lipinski definition) is 0. The molecule has 0 radical (unpaired) electrons. The second-order valence-corrected chi connectivity index (χ2v) is 9.47. The van der Waals surface area contributed by atoms with Gasteiger partial charge in [-0.15, -0.1) is 6.58 Å². The first-order chi connectivity index (χ1) is 14.9. The minimum atomic E-state index is -0.908. The van der Waals surface area contributed by atoms with Crippen LogP contribution in [-0.4, -0.2) is 24.1 Å². The second-order valence-electron chi connectivity index (χ2n) is 8.56. The highest BCUT2D eigenvalue weighted by Crippen LogP contribution is 2.55. The van der Waals surface area contributed by atoms with Gasteiger partial charge in [0.2, 0.25) is 0 Å². The molecule has 0 aliphatic heterocycles. The molecule has 1 aromatic rings. The number of ether oxygens (including phenoxy) is 2. The second kappa shape index (κ2) is 12.4. The topological polar surface area (TPSA) is 52.6 Å². The fourth-order valence-corrected chi connectivity index (χ4v) is 5.17. The molecular formula is C26H37BrO4. The molecule has 0 N–H and O–H groups in total. The molecule has 1 saturated carbocycles. The molecule has 1 aromatic carbocycles. The third-order valence-corrected chi connectivity index (χ3v) is 7.05. The third kappa shape index (κ3) is 6.21. The standard InChI is InChI=1S/C26H37BrO4/c1-4-7-8-9-10-11-18-25(24(29)30-6-3)19-12-20-26(25,17-5-2)31-23(28)21-13-15-22(27)16-14-21/h5,13-16H,2,4,6-12,17-20H2,1,3H3/t25-,26+/m0/s1. The van der Waals surface area contributed by atoms with Gasteiger partial charge in [-0.25, -0.2) is 4.79 Å². The minimum Gasteiger partial charge on any atom is -0.465 e. The van der Waals surface area contributed by atoms with E-state index >= 15 is 0 Å². The maximum atomic E-state index is 13.3. The Morgan fingerprint density at radius 1 is 1.06 bits per heavy atom. The molecule has 0 amide bonds. The lowest BCUT2D eigenvalue weighted by molar-refractivity contribution is -0.173. The molecule has 0 aromatic heterocycles. The van der Waals surface area contributed by atoms with Gasteiger partial charge in [0, 0.05) is 10.9 Å².